The van der Waals surface area contributed by atoms with Crippen molar-refractivity contribution in [2.45, 2.75) is 20.3 Å². The minimum Gasteiger partial charge on any atom is -0.293 e. The van der Waals surface area contributed by atoms with Crippen LogP contribution in [0.25, 0.3) is 0 Å². The third-order valence-corrected chi connectivity index (χ3v) is 0.789. The van der Waals surface area contributed by atoms with Crippen LogP contribution in [0.3, 0.4) is 0 Å². The first-order valence-electron chi connectivity index (χ1n) is 2.53. The van der Waals surface area contributed by atoms with Gasteiger partial charge in [-0.05, 0) is 0 Å². The van der Waals surface area contributed by atoms with Crippen molar-refractivity contribution in [3.8, 4) is 0 Å². The van der Waals surface area contributed by atoms with Gasteiger partial charge < -0.3 is 0 Å². The van der Waals surface area contributed by atoms with Crippen molar-refractivity contribution in [3.05, 3.63) is 24.3 Å². The van der Waals surface area contributed by atoms with Crippen LogP contribution < -0.4 is 51.4 Å². The van der Waals surface area contributed by atoms with Crippen LogP contribution in [-0.2, 0) is 0 Å². The molecular weight excluding hydrogens is 123 g/mol. The predicted octanol–water partition coefficient (Wildman–Crippen LogP) is -0.664. The van der Waals surface area contributed by atoms with E-state index in [-0.39, 0.29) is 51.4 Å². The Labute approximate surface area is 94.5 Å². The third kappa shape index (κ3) is 7.12. The predicted molar refractivity (Wildman–Crippen MR) is 32.9 cm³/mol. The van der Waals surface area contributed by atoms with Gasteiger partial charge in [0.2, 0.25) is 0 Å². The van der Waals surface area contributed by atoms with Gasteiger partial charge in [0.15, 0.2) is 0 Å². The monoisotopic (exact) mass is 134 g/mol. The Morgan fingerprint density at radius 2 is 2.12 bits per heavy atom. The molecule has 1 heteroatoms. The fourth-order valence-corrected chi connectivity index (χ4v) is 0.390. The molecule has 0 rings (SSSR count). The molecule has 0 nitrogen and oxygen atoms in total. The van der Waals surface area contributed by atoms with Crippen LogP contribution in [-0.4, -0.2) is 0 Å². The average Bonchev–Trinajstić information content (AvgIpc) is 1.68. The summed E-state index contributed by atoms with van der Waals surface area (Å²) < 4.78 is 0. The molecule has 0 unspecified atom stereocenters. The van der Waals surface area contributed by atoms with E-state index in [4.69, 9.17) is 6.58 Å². The van der Waals surface area contributed by atoms with Crippen molar-refractivity contribution in [3.63, 3.8) is 0 Å². The van der Waals surface area contributed by atoms with Crippen molar-refractivity contribution in [2.24, 2.45) is 0 Å². The molecule has 0 aromatic carbocycles. The Balaban J connectivity index is 0. The van der Waals surface area contributed by atoms with E-state index < -0.39 is 0 Å². The maximum Gasteiger partial charge on any atom is 1.00 e. The van der Waals surface area contributed by atoms with Crippen LogP contribution in [0.4, 0.5) is 0 Å². The maximum absolute atomic E-state index is 5.16. The first kappa shape index (κ1) is 11.9. The Morgan fingerprint density at radius 1 is 1.62 bits per heavy atom. The van der Waals surface area contributed by atoms with Gasteiger partial charge >= 0.3 is 51.4 Å². The zero-order chi connectivity index (χ0) is 5.70. The largest absolute Gasteiger partial charge is 1.00 e. The Hall–Kier alpha value is 1.12. The molecular formula is C7H11K. The van der Waals surface area contributed by atoms with Crippen molar-refractivity contribution in [2.75, 3.05) is 0 Å². The number of allylic oxidation sites excluding steroid dienone is 3. The SMILES string of the molecule is [CH-]=C/C(C)=C\CC.[K+]. The van der Waals surface area contributed by atoms with Crippen LogP contribution >= 0.6 is 0 Å². The average molecular weight is 134 g/mol. The molecule has 0 aliphatic rings. The summed E-state index contributed by atoms with van der Waals surface area (Å²) in [5.41, 5.74) is 1.16. The molecule has 0 radical (unpaired) electrons. The van der Waals surface area contributed by atoms with E-state index in [0.717, 1.165) is 12.0 Å². The molecule has 0 bridgehead atoms. The quantitative estimate of drug-likeness (QED) is 0.267. The summed E-state index contributed by atoms with van der Waals surface area (Å²) in [5, 5.41) is 0. The van der Waals surface area contributed by atoms with Gasteiger partial charge in [-0.25, -0.2) is 11.6 Å². The van der Waals surface area contributed by atoms with Crippen molar-refractivity contribution in [1.82, 2.24) is 0 Å². The number of hydrogen-bond donors (Lipinski definition) is 0. The van der Waals surface area contributed by atoms with E-state index in [9.17, 15) is 0 Å². The molecule has 40 valence electrons. The fourth-order valence-electron chi connectivity index (χ4n) is 0.390. The Morgan fingerprint density at radius 3 is 2.25 bits per heavy atom. The first-order valence-corrected chi connectivity index (χ1v) is 2.53. The van der Waals surface area contributed by atoms with E-state index in [1.165, 1.54) is 0 Å². The zero-order valence-electron chi connectivity index (χ0n) is 5.94. The molecule has 8 heavy (non-hydrogen) atoms. The molecule has 0 amide bonds. The molecule has 0 aromatic rings. The molecule has 0 N–H and O–H groups in total. The van der Waals surface area contributed by atoms with Crippen molar-refractivity contribution < 1.29 is 51.4 Å². The van der Waals surface area contributed by atoms with E-state index in [2.05, 4.69) is 13.0 Å². The number of hydrogen-bond acceptors (Lipinski definition) is 0. The van der Waals surface area contributed by atoms with Gasteiger partial charge in [-0.3, -0.25) is 6.58 Å². The minimum atomic E-state index is 0. The fraction of sp³-hybridized carbons (Fsp3) is 0.429. The van der Waals surface area contributed by atoms with Gasteiger partial charge in [-0.2, -0.15) is 6.08 Å². The standard InChI is InChI=1S/C7H11.K/c1-4-6-7(3)5-2;/h2,5-6H,4H2,1,3H3;/q-1;+1/b7-6-;. The summed E-state index contributed by atoms with van der Waals surface area (Å²) in [6, 6.07) is 0. The molecule has 0 fully saturated rings. The van der Waals surface area contributed by atoms with Crippen LogP contribution in [0, 0.1) is 6.58 Å². The van der Waals surface area contributed by atoms with E-state index in [1.807, 2.05) is 6.92 Å². The van der Waals surface area contributed by atoms with Gasteiger partial charge in [0.05, 0.1) is 0 Å². The van der Waals surface area contributed by atoms with Gasteiger partial charge in [-0.1, -0.05) is 13.3 Å². The molecule has 0 saturated heterocycles. The summed E-state index contributed by atoms with van der Waals surface area (Å²) in [6.07, 6.45) is 4.77. The third-order valence-electron chi connectivity index (χ3n) is 0.789. The minimum absolute atomic E-state index is 0. The molecule has 0 spiro atoms. The van der Waals surface area contributed by atoms with Crippen molar-refractivity contribution >= 4 is 0 Å². The molecule has 0 atom stereocenters. The summed E-state index contributed by atoms with van der Waals surface area (Å²) in [4.78, 5) is 0. The smallest absolute Gasteiger partial charge is 0.293 e. The van der Waals surface area contributed by atoms with Crippen LogP contribution in [0.15, 0.2) is 17.7 Å². The van der Waals surface area contributed by atoms with Crippen LogP contribution in [0.2, 0.25) is 0 Å². The molecule has 0 aromatic heterocycles. The normalized spacial score (nSPS) is 10.0. The van der Waals surface area contributed by atoms with E-state index in [1.54, 1.807) is 6.08 Å². The Bertz CT molecular complexity index is 82.4. The maximum atomic E-state index is 5.16. The Kier molecular flexibility index (Phi) is 12.0. The van der Waals surface area contributed by atoms with Gasteiger partial charge in [0.1, 0.15) is 0 Å². The van der Waals surface area contributed by atoms with Crippen LogP contribution in [0.5, 0.6) is 0 Å². The van der Waals surface area contributed by atoms with Crippen LogP contribution in [0.1, 0.15) is 20.3 Å². The summed E-state index contributed by atoms with van der Waals surface area (Å²) in [7, 11) is 0. The summed E-state index contributed by atoms with van der Waals surface area (Å²) in [6.45, 7) is 9.24. The van der Waals surface area contributed by atoms with Gasteiger partial charge in [0, 0.05) is 0 Å². The second-order valence-electron chi connectivity index (χ2n) is 1.52. The van der Waals surface area contributed by atoms with E-state index >= 15 is 0 Å². The molecule has 0 heterocycles. The topological polar surface area (TPSA) is 0 Å². The van der Waals surface area contributed by atoms with Gasteiger partial charge in [0.25, 0.3) is 0 Å². The second kappa shape index (κ2) is 8.12. The van der Waals surface area contributed by atoms with E-state index in [0.29, 0.717) is 0 Å². The first-order chi connectivity index (χ1) is 3.31. The molecule has 0 aliphatic heterocycles. The second-order valence-corrected chi connectivity index (χ2v) is 1.52. The molecule has 0 saturated carbocycles. The zero-order valence-corrected chi connectivity index (χ0v) is 9.06. The summed E-state index contributed by atoms with van der Waals surface area (Å²) >= 11 is 0. The van der Waals surface area contributed by atoms with Gasteiger partial charge in [-0.15, -0.1) is 6.92 Å². The summed E-state index contributed by atoms with van der Waals surface area (Å²) in [5.74, 6) is 0. The molecule has 0 aliphatic carbocycles. The number of rotatable bonds is 2. The van der Waals surface area contributed by atoms with Crippen molar-refractivity contribution in [1.29, 1.82) is 0 Å².